The molecule has 0 radical (unpaired) electrons. The number of rotatable bonds is 8. The molecule has 0 aliphatic rings. The Kier molecular flexibility index (Phi) is 7.46. The van der Waals surface area contributed by atoms with Crippen molar-refractivity contribution in [3.05, 3.63) is 35.4 Å². The van der Waals surface area contributed by atoms with Gasteiger partial charge in [-0.1, -0.05) is 32.9 Å². The molecule has 116 valence electrons. The monoisotopic (exact) mass is 293 g/mol. The van der Waals surface area contributed by atoms with Crippen molar-refractivity contribution in [3.8, 4) is 0 Å². The van der Waals surface area contributed by atoms with Gasteiger partial charge in [0, 0.05) is 13.0 Å². The Labute approximate surface area is 125 Å². The van der Waals surface area contributed by atoms with Crippen LogP contribution >= 0.6 is 0 Å². The van der Waals surface area contributed by atoms with E-state index in [0.717, 1.165) is 25.2 Å². The molecule has 0 unspecified atom stereocenters. The predicted octanol–water partition coefficient (Wildman–Crippen LogP) is 2.60. The third kappa shape index (κ3) is 5.95. The van der Waals surface area contributed by atoms with Crippen molar-refractivity contribution >= 4 is 11.9 Å². The van der Waals surface area contributed by atoms with Gasteiger partial charge in [0.05, 0.1) is 5.56 Å². The number of carbonyl (C=O) groups excluding carboxylic acids is 2. The van der Waals surface area contributed by atoms with Crippen LogP contribution in [-0.2, 0) is 20.8 Å². The van der Waals surface area contributed by atoms with Gasteiger partial charge in [0.1, 0.15) is 0 Å². The molecule has 0 saturated carbocycles. The molecule has 21 heavy (non-hydrogen) atoms. The van der Waals surface area contributed by atoms with Crippen molar-refractivity contribution < 1.29 is 19.1 Å². The standard InChI is InChI=1S/C16H23NO4/c1-4-15(18)20-12-21-16(19)14-9-7-13(8-10-14)11-17(5-2)6-3/h7-10H,4-6,11-12H2,1-3H3. The number of esters is 2. The van der Waals surface area contributed by atoms with E-state index < -0.39 is 11.9 Å². The van der Waals surface area contributed by atoms with Crippen molar-refractivity contribution in [2.45, 2.75) is 33.7 Å². The Balaban J connectivity index is 2.49. The molecule has 0 heterocycles. The van der Waals surface area contributed by atoms with Crippen LogP contribution in [0.3, 0.4) is 0 Å². The molecule has 0 N–H and O–H groups in total. The molecule has 5 heteroatoms. The zero-order valence-electron chi connectivity index (χ0n) is 12.9. The van der Waals surface area contributed by atoms with Gasteiger partial charge < -0.3 is 9.47 Å². The summed E-state index contributed by atoms with van der Waals surface area (Å²) in [4.78, 5) is 24.9. The van der Waals surface area contributed by atoms with Gasteiger partial charge in [-0.15, -0.1) is 0 Å². The molecule has 1 aromatic rings. The molecule has 0 aromatic heterocycles. The molecular weight excluding hydrogens is 270 g/mol. The fourth-order valence-electron chi connectivity index (χ4n) is 1.79. The highest BCUT2D eigenvalue weighted by Crippen LogP contribution is 2.09. The first kappa shape index (κ1) is 17.2. The normalized spacial score (nSPS) is 10.5. The van der Waals surface area contributed by atoms with Gasteiger partial charge in [-0.25, -0.2) is 4.79 Å². The quantitative estimate of drug-likeness (QED) is 0.544. The summed E-state index contributed by atoms with van der Waals surface area (Å²) in [5, 5.41) is 0. The van der Waals surface area contributed by atoms with Crippen molar-refractivity contribution in [2.75, 3.05) is 19.9 Å². The molecular formula is C16H23NO4. The molecule has 0 spiro atoms. The second kappa shape index (κ2) is 9.13. The number of hydrogen-bond donors (Lipinski definition) is 0. The Bertz CT molecular complexity index is 452. The van der Waals surface area contributed by atoms with Gasteiger partial charge in [-0.3, -0.25) is 9.69 Å². The molecule has 0 fully saturated rings. The first-order valence-electron chi connectivity index (χ1n) is 7.24. The van der Waals surface area contributed by atoms with Crippen molar-refractivity contribution in [1.82, 2.24) is 4.90 Å². The number of ether oxygens (including phenoxy) is 2. The fourth-order valence-corrected chi connectivity index (χ4v) is 1.79. The minimum atomic E-state index is -0.492. The number of hydrogen-bond acceptors (Lipinski definition) is 5. The lowest BCUT2D eigenvalue weighted by Gasteiger charge is -2.17. The van der Waals surface area contributed by atoms with Gasteiger partial charge in [0.25, 0.3) is 0 Å². The maximum atomic E-state index is 11.7. The van der Waals surface area contributed by atoms with E-state index in [-0.39, 0.29) is 13.2 Å². The van der Waals surface area contributed by atoms with E-state index in [0.29, 0.717) is 5.56 Å². The van der Waals surface area contributed by atoms with Gasteiger partial charge >= 0.3 is 11.9 Å². The zero-order valence-corrected chi connectivity index (χ0v) is 12.9. The lowest BCUT2D eigenvalue weighted by atomic mass is 10.1. The highest BCUT2D eigenvalue weighted by Gasteiger charge is 2.09. The SMILES string of the molecule is CCC(=O)OCOC(=O)c1ccc(CN(CC)CC)cc1. The van der Waals surface area contributed by atoms with Crippen LogP contribution in [0.5, 0.6) is 0 Å². The molecule has 5 nitrogen and oxygen atoms in total. The Morgan fingerprint density at radius 2 is 1.62 bits per heavy atom. The minimum Gasteiger partial charge on any atom is -0.428 e. The van der Waals surface area contributed by atoms with Crippen LogP contribution in [0.25, 0.3) is 0 Å². The van der Waals surface area contributed by atoms with Crippen LogP contribution < -0.4 is 0 Å². The summed E-state index contributed by atoms with van der Waals surface area (Å²) < 4.78 is 9.57. The van der Waals surface area contributed by atoms with Crippen LogP contribution in [0, 0.1) is 0 Å². The van der Waals surface area contributed by atoms with Crippen LogP contribution in [-0.4, -0.2) is 36.7 Å². The first-order chi connectivity index (χ1) is 10.1. The highest BCUT2D eigenvalue weighted by atomic mass is 16.7. The van der Waals surface area contributed by atoms with E-state index in [1.807, 2.05) is 12.1 Å². The van der Waals surface area contributed by atoms with Gasteiger partial charge in [-0.05, 0) is 30.8 Å². The topological polar surface area (TPSA) is 55.8 Å². The molecule has 1 rings (SSSR count). The number of benzene rings is 1. The van der Waals surface area contributed by atoms with Gasteiger partial charge in [0.15, 0.2) is 0 Å². The smallest absolute Gasteiger partial charge is 0.340 e. The first-order valence-corrected chi connectivity index (χ1v) is 7.24. The van der Waals surface area contributed by atoms with Gasteiger partial charge in [0.2, 0.25) is 6.79 Å². The molecule has 0 bridgehead atoms. The number of carbonyl (C=O) groups is 2. The second-order valence-corrected chi connectivity index (χ2v) is 4.58. The summed E-state index contributed by atoms with van der Waals surface area (Å²) in [6.45, 7) is 8.41. The zero-order chi connectivity index (χ0) is 15.7. The predicted molar refractivity (Wildman–Crippen MR) is 79.7 cm³/mol. The van der Waals surface area contributed by atoms with Crippen molar-refractivity contribution in [2.24, 2.45) is 0 Å². The van der Waals surface area contributed by atoms with Gasteiger partial charge in [-0.2, -0.15) is 0 Å². The molecule has 0 amide bonds. The van der Waals surface area contributed by atoms with E-state index in [9.17, 15) is 9.59 Å². The lowest BCUT2D eigenvalue weighted by molar-refractivity contribution is -0.151. The molecule has 0 aliphatic carbocycles. The summed E-state index contributed by atoms with van der Waals surface area (Å²) in [6, 6.07) is 7.27. The maximum absolute atomic E-state index is 11.7. The molecule has 0 aliphatic heterocycles. The third-order valence-electron chi connectivity index (χ3n) is 3.19. The third-order valence-corrected chi connectivity index (χ3v) is 3.19. The van der Waals surface area contributed by atoms with Crippen LogP contribution in [0.4, 0.5) is 0 Å². The van der Waals surface area contributed by atoms with Crippen LogP contribution in [0.2, 0.25) is 0 Å². The van der Waals surface area contributed by atoms with Crippen LogP contribution in [0.15, 0.2) is 24.3 Å². The van der Waals surface area contributed by atoms with E-state index >= 15 is 0 Å². The van der Waals surface area contributed by atoms with E-state index in [1.54, 1.807) is 19.1 Å². The lowest BCUT2D eigenvalue weighted by Crippen LogP contribution is -2.22. The number of nitrogens with zero attached hydrogens (tertiary/aromatic N) is 1. The Morgan fingerprint density at radius 1 is 1.00 bits per heavy atom. The molecule has 0 atom stereocenters. The highest BCUT2D eigenvalue weighted by molar-refractivity contribution is 5.89. The molecule has 0 saturated heterocycles. The van der Waals surface area contributed by atoms with Crippen LogP contribution in [0.1, 0.15) is 43.1 Å². The van der Waals surface area contributed by atoms with Crippen molar-refractivity contribution in [3.63, 3.8) is 0 Å². The minimum absolute atomic E-state index is 0.262. The summed E-state index contributed by atoms with van der Waals surface area (Å²) >= 11 is 0. The average Bonchev–Trinajstić information content (AvgIpc) is 2.52. The van der Waals surface area contributed by atoms with Crippen molar-refractivity contribution in [1.29, 1.82) is 0 Å². The second-order valence-electron chi connectivity index (χ2n) is 4.58. The fraction of sp³-hybridized carbons (Fsp3) is 0.500. The largest absolute Gasteiger partial charge is 0.428 e. The Morgan fingerprint density at radius 3 is 2.14 bits per heavy atom. The maximum Gasteiger partial charge on any atom is 0.340 e. The summed E-state index contributed by atoms with van der Waals surface area (Å²) in [7, 11) is 0. The Hall–Kier alpha value is -1.88. The van der Waals surface area contributed by atoms with E-state index in [4.69, 9.17) is 9.47 Å². The summed E-state index contributed by atoms with van der Waals surface area (Å²) in [5.41, 5.74) is 1.60. The molecule has 1 aromatic carbocycles. The summed E-state index contributed by atoms with van der Waals surface area (Å²) in [5.74, 6) is -0.884. The summed E-state index contributed by atoms with van der Waals surface area (Å²) in [6.07, 6.45) is 0.262. The van der Waals surface area contributed by atoms with E-state index in [2.05, 4.69) is 18.7 Å². The average molecular weight is 293 g/mol. The van der Waals surface area contributed by atoms with E-state index in [1.165, 1.54) is 0 Å².